The second kappa shape index (κ2) is 8.48. The van der Waals surface area contributed by atoms with Crippen LogP contribution in [0.5, 0.6) is 0 Å². The van der Waals surface area contributed by atoms with Crippen LogP contribution in [0.1, 0.15) is 17.4 Å². The van der Waals surface area contributed by atoms with Crippen molar-refractivity contribution in [3.05, 3.63) is 71.4 Å². The Morgan fingerprint density at radius 2 is 1.91 bits per heavy atom. The number of H-pyrrole nitrogens is 2. The van der Waals surface area contributed by atoms with Crippen molar-refractivity contribution in [3.63, 3.8) is 0 Å². The Labute approximate surface area is 200 Å². The maximum atomic E-state index is 4.95. The molecule has 0 fully saturated rings. The van der Waals surface area contributed by atoms with Crippen molar-refractivity contribution in [1.82, 2.24) is 35.5 Å². The predicted molar refractivity (Wildman–Crippen MR) is 138 cm³/mol. The summed E-state index contributed by atoms with van der Waals surface area (Å²) in [4.78, 5) is 20.2. The van der Waals surface area contributed by atoms with E-state index in [2.05, 4.69) is 69.7 Å². The van der Waals surface area contributed by atoms with E-state index in [0.29, 0.717) is 11.5 Å². The summed E-state index contributed by atoms with van der Waals surface area (Å²) in [6.07, 6.45) is 3.73. The Bertz CT molecular complexity index is 1630. The van der Waals surface area contributed by atoms with E-state index in [9.17, 15) is 0 Å². The molecule has 5 aromatic heterocycles. The average Bonchev–Trinajstić information content (AvgIpc) is 3.59. The Morgan fingerprint density at radius 1 is 0.971 bits per heavy atom. The van der Waals surface area contributed by atoms with Gasteiger partial charge in [0.05, 0.1) is 22.2 Å². The van der Waals surface area contributed by atoms with Gasteiger partial charge in [0.25, 0.3) is 0 Å². The predicted octanol–water partition coefficient (Wildman–Crippen LogP) is 5.71. The zero-order valence-electron chi connectivity index (χ0n) is 18.9. The quantitative estimate of drug-likeness (QED) is 0.293. The standard InChI is InChI=1S/C26H23N7S/c1-3-27-12-16-11-17(14-28-13-16)19-8-9-21-24(29-19)25(33-32-21)26-30-20-6-4-5-18(23(20)31-26)22-10-7-15(2)34-22/h4-11,13-14,27H,3,12H2,1-2H3,(H,30,31)(H,32,33). The highest BCUT2D eigenvalue weighted by Crippen LogP contribution is 2.34. The fourth-order valence-corrected chi connectivity index (χ4v) is 5.03. The van der Waals surface area contributed by atoms with Crippen molar-refractivity contribution in [2.75, 3.05) is 6.54 Å². The Balaban J connectivity index is 1.44. The van der Waals surface area contributed by atoms with Crippen LogP contribution in [0.25, 0.3) is 55.3 Å². The minimum Gasteiger partial charge on any atom is -0.336 e. The SMILES string of the molecule is CCNCc1cncc(-c2ccc3[nH]nc(-c4nc5c(-c6ccc(C)s6)cccc5[nH]4)c3n2)c1. The van der Waals surface area contributed by atoms with Crippen molar-refractivity contribution in [2.45, 2.75) is 20.4 Å². The van der Waals surface area contributed by atoms with Crippen LogP contribution in [-0.4, -0.2) is 36.7 Å². The lowest BCUT2D eigenvalue weighted by Crippen LogP contribution is -2.11. The second-order valence-electron chi connectivity index (χ2n) is 8.22. The van der Waals surface area contributed by atoms with E-state index in [0.717, 1.165) is 57.5 Å². The van der Waals surface area contributed by atoms with Crippen molar-refractivity contribution in [3.8, 4) is 33.2 Å². The van der Waals surface area contributed by atoms with Crippen molar-refractivity contribution >= 4 is 33.4 Å². The third kappa shape index (κ3) is 3.67. The first-order valence-electron chi connectivity index (χ1n) is 11.3. The molecule has 8 heteroatoms. The topological polar surface area (TPSA) is 95.2 Å². The molecule has 0 saturated carbocycles. The van der Waals surface area contributed by atoms with Gasteiger partial charge in [-0.3, -0.25) is 10.1 Å². The number of hydrogen-bond acceptors (Lipinski definition) is 6. The number of hydrogen-bond donors (Lipinski definition) is 3. The minimum absolute atomic E-state index is 0.700. The summed E-state index contributed by atoms with van der Waals surface area (Å²) in [5, 5.41) is 11.0. The van der Waals surface area contributed by atoms with Crippen LogP contribution in [0.2, 0.25) is 0 Å². The summed E-state index contributed by atoms with van der Waals surface area (Å²) in [6.45, 7) is 5.91. The number of aryl methyl sites for hydroxylation is 1. The van der Waals surface area contributed by atoms with Gasteiger partial charge in [-0.1, -0.05) is 19.1 Å². The van der Waals surface area contributed by atoms with E-state index >= 15 is 0 Å². The van der Waals surface area contributed by atoms with Crippen LogP contribution in [-0.2, 0) is 6.54 Å². The van der Waals surface area contributed by atoms with Crippen LogP contribution >= 0.6 is 11.3 Å². The molecular formula is C26H23N7S. The molecular weight excluding hydrogens is 442 g/mol. The van der Waals surface area contributed by atoms with E-state index in [-0.39, 0.29) is 0 Å². The molecule has 5 heterocycles. The summed E-state index contributed by atoms with van der Waals surface area (Å²) in [5.74, 6) is 0.700. The van der Waals surface area contributed by atoms with Crippen LogP contribution in [0.4, 0.5) is 0 Å². The second-order valence-corrected chi connectivity index (χ2v) is 9.51. The van der Waals surface area contributed by atoms with Crippen LogP contribution < -0.4 is 5.32 Å². The number of nitrogens with zero attached hydrogens (tertiary/aromatic N) is 4. The van der Waals surface area contributed by atoms with E-state index in [4.69, 9.17) is 9.97 Å². The number of benzene rings is 1. The first-order valence-corrected chi connectivity index (χ1v) is 12.1. The molecule has 34 heavy (non-hydrogen) atoms. The highest BCUT2D eigenvalue weighted by molar-refractivity contribution is 7.15. The number of fused-ring (bicyclic) bond motifs is 2. The van der Waals surface area contributed by atoms with E-state index in [1.165, 1.54) is 9.75 Å². The van der Waals surface area contributed by atoms with Gasteiger partial charge < -0.3 is 10.3 Å². The van der Waals surface area contributed by atoms with E-state index in [1.807, 2.05) is 30.6 Å². The zero-order valence-corrected chi connectivity index (χ0v) is 19.7. The molecule has 6 aromatic rings. The number of aromatic nitrogens is 6. The summed E-state index contributed by atoms with van der Waals surface area (Å²) in [6, 6.07) is 16.6. The lowest BCUT2D eigenvalue weighted by atomic mass is 10.1. The van der Waals surface area contributed by atoms with Gasteiger partial charge in [-0.05, 0) is 55.4 Å². The molecule has 7 nitrogen and oxygen atoms in total. The molecule has 0 atom stereocenters. The molecule has 0 aliphatic heterocycles. The van der Waals surface area contributed by atoms with Gasteiger partial charge in [0.2, 0.25) is 0 Å². The number of para-hydroxylation sites is 1. The lowest BCUT2D eigenvalue weighted by molar-refractivity contribution is 0.724. The highest BCUT2D eigenvalue weighted by atomic mass is 32.1. The molecule has 0 radical (unpaired) electrons. The highest BCUT2D eigenvalue weighted by Gasteiger charge is 2.17. The number of nitrogens with one attached hydrogen (secondary N) is 3. The molecule has 6 rings (SSSR count). The zero-order chi connectivity index (χ0) is 23.1. The van der Waals surface area contributed by atoms with Gasteiger partial charge in [0.1, 0.15) is 5.52 Å². The lowest BCUT2D eigenvalue weighted by Gasteiger charge is -2.05. The maximum Gasteiger partial charge on any atom is 0.161 e. The molecule has 0 bridgehead atoms. The molecule has 0 spiro atoms. The molecule has 0 unspecified atom stereocenters. The fraction of sp³-hybridized carbons (Fsp3) is 0.154. The molecule has 0 saturated heterocycles. The van der Waals surface area contributed by atoms with Gasteiger partial charge >= 0.3 is 0 Å². The third-order valence-corrected chi connectivity index (χ3v) is 6.85. The first kappa shape index (κ1) is 20.7. The van der Waals surface area contributed by atoms with Gasteiger partial charge in [0.15, 0.2) is 11.5 Å². The largest absolute Gasteiger partial charge is 0.336 e. The van der Waals surface area contributed by atoms with Gasteiger partial charge in [-0.2, -0.15) is 5.10 Å². The van der Waals surface area contributed by atoms with Gasteiger partial charge in [-0.15, -0.1) is 11.3 Å². The monoisotopic (exact) mass is 465 g/mol. The Morgan fingerprint density at radius 3 is 2.76 bits per heavy atom. The van der Waals surface area contributed by atoms with Crippen molar-refractivity contribution < 1.29 is 0 Å². The molecule has 0 amide bonds. The van der Waals surface area contributed by atoms with Crippen LogP contribution in [0, 0.1) is 6.92 Å². The molecule has 0 aliphatic carbocycles. The smallest absolute Gasteiger partial charge is 0.161 e. The third-order valence-electron chi connectivity index (χ3n) is 5.82. The fourth-order valence-electron chi connectivity index (χ4n) is 4.14. The molecule has 0 aliphatic rings. The number of pyridine rings is 2. The Hall–Kier alpha value is -3.88. The van der Waals surface area contributed by atoms with Gasteiger partial charge in [0, 0.05) is 39.8 Å². The normalized spacial score (nSPS) is 11.6. The number of imidazole rings is 1. The van der Waals surface area contributed by atoms with Crippen LogP contribution in [0.15, 0.2) is 60.9 Å². The summed E-state index contributed by atoms with van der Waals surface area (Å²) in [5.41, 5.74) is 8.34. The number of thiophene rings is 1. The first-order chi connectivity index (χ1) is 16.7. The summed E-state index contributed by atoms with van der Waals surface area (Å²) >= 11 is 1.77. The van der Waals surface area contributed by atoms with E-state index in [1.54, 1.807) is 11.3 Å². The molecule has 1 aromatic carbocycles. The summed E-state index contributed by atoms with van der Waals surface area (Å²) in [7, 11) is 0. The number of aromatic amines is 2. The average molecular weight is 466 g/mol. The molecule has 3 N–H and O–H groups in total. The maximum absolute atomic E-state index is 4.95. The molecule has 168 valence electrons. The van der Waals surface area contributed by atoms with Crippen LogP contribution in [0.3, 0.4) is 0 Å². The van der Waals surface area contributed by atoms with E-state index < -0.39 is 0 Å². The summed E-state index contributed by atoms with van der Waals surface area (Å²) < 4.78 is 0. The van der Waals surface area contributed by atoms with Crippen molar-refractivity contribution in [2.24, 2.45) is 0 Å². The Kier molecular flexibility index (Phi) is 5.16. The van der Waals surface area contributed by atoms with Crippen molar-refractivity contribution in [1.29, 1.82) is 0 Å². The minimum atomic E-state index is 0.700. The van der Waals surface area contributed by atoms with Gasteiger partial charge in [-0.25, -0.2) is 9.97 Å². The number of rotatable bonds is 6.